The summed E-state index contributed by atoms with van der Waals surface area (Å²) in [6, 6.07) is 20.5. The quantitative estimate of drug-likeness (QED) is 0.553. The van der Waals surface area contributed by atoms with Gasteiger partial charge in [0.1, 0.15) is 0 Å². The number of carbonyl (C=O) groups excluding carboxylic acids is 2. The molecular formula is C26H35BrN2O2. The fourth-order valence-corrected chi connectivity index (χ4v) is 3.85. The number of alkyl halides is 1. The van der Waals surface area contributed by atoms with Crippen molar-refractivity contribution in [3.63, 3.8) is 0 Å². The average Bonchev–Trinajstić information content (AvgIpc) is 3.18. The van der Waals surface area contributed by atoms with Crippen LogP contribution in [0.4, 0.5) is 0 Å². The number of likely N-dealkylation sites (tertiary alicyclic amines) is 1. The van der Waals surface area contributed by atoms with Gasteiger partial charge in [0.15, 0.2) is 0 Å². The summed E-state index contributed by atoms with van der Waals surface area (Å²) >= 11 is 3.36. The van der Waals surface area contributed by atoms with Crippen LogP contribution in [0.2, 0.25) is 0 Å². The van der Waals surface area contributed by atoms with E-state index in [1.165, 1.54) is 24.0 Å². The highest BCUT2D eigenvalue weighted by Crippen LogP contribution is 2.14. The van der Waals surface area contributed by atoms with Gasteiger partial charge in [-0.1, -0.05) is 89.4 Å². The smallest absolute Gasteiger partial charge is 0.222 e. The molecule has 2 amide bonds. The summed E-state index contributed by atoms with van der Waals surface area (Å²) in [6.45, 7) is 2.59. The molecule has 2 aromatic rings. The summed E-state index contributed by atoms with van der Waals surface area (Å²) in [6.07, 6.45) is 8.31. The van der Waals surface area contributed by atoms with Crippen LogP contribution in [0, 0.1) is 0 Å². The van der Waals surface area contributed by atoms with Crippen molar-refractivity contribution in [3.05, 3.63) is 71.8 Å². The highest BCUT2D eigenvalue weighted by Gasteiger charge is 2.16. The van der Waals surface area contributed by atoms with Crippen molar-refractivity contribution in [3.8, 4) is 0 Å². The first-order valence-electron chi connectivity index (χ1n) is 11.4. The van der Waals surface area contributed by atoms with Gasteiger partial charge >= 0.3 is 0 Å². The lowest BCUT2D eigenvalue weighted by Crippen LogP contribution is -2.29. The zero-order chi connectivity index (χ0) is 22.2. The Morgan fingerprint density at radius 1 is 0.742 bits per heavy atom. The van der Waals surface area contributed by atoms with E-state index in [9.17, 15) is 9.59 Å². The molecule has 0 spiro atoms. The number of hydrogen-bond donors (Lipinski definition) is 1. The van der Waals surface area contributed by atoms with Gasteiger partial charge in [0.25, 0.3) is 0 Å². The van der Waals surface area contributed by atoms with Crippen LogP contribution in [-0.2, 0) is 21.5 Å². The number of nitrogens with zero attached hydrogens (tertiary/aromatic N) is 1. The van der Waals surface area contributed by atoms with Crippen LogP contribution in [0.25, 0.3) is 0 Å². The first-order valence-corrected chi connectivity index (χ1v) is 12.5. The van der Waals surface area contributed by atoms with Crippen LogP contribution in [0.15, 0.2) is 60.7 Å². The standard InChI is InChI=1S/C13H17NO.C7H7Br.C6H11NO/c15-13-9-5-2-6-10-14(13)11-12-7-3-1-4-8-12;8-6-7-4-2-1-3-5-7;8-6-4-2-1-3-5-7-6/h1,3-4,7-8H,2,5-6,9-11H2;1-5H,6H2;1-5H2,(H,7,8). The van der Waals surface area contributed by atoms with Gasteiger partial charge in [0, 0.05) is 37.8 Å². The molecule has 5 heteroatoms. The molecule has 0 saturated carbocycles. The Kier molecular flexibility index (Phi) is 12.7. The van der Waals surface area contributed by atoms with Crippen LogP contribution >= 0.6 is 15.9 Å². The number of benzene rings is 2. The van der Waals surface area contributed by atoms with E-state index >= 15 is 0 Å². The summed E-state index contributed by atoms with van der Waals surface area (Å²) in [4.78, 5) is 24.3. The predicted octanol–water partition coefficient (Wildman–Crippen LogP) is 5.85. The Balaban J connectivity index is 0.000000181. The summed E-state index contributed by atoms with van der Waals surface area (Å²) in [5.41, 5.74) is 2.56. The second kappa shape index (κ2) is 15.6. The molecule has 0 atom stereocenters. The van der Waals surface area contributed by atoms with E-state index in [1.807, 2.05) is 41.3 Å². The lowest BCUT2D eigenvalue weighted by atomic mass is 10.2. The molecule has 2 aromatic carbocycles. The predicted molar refractivity (Wildman–Crippen MR) is 131 cm³/mol. The third-order valence-electron chi connectivity index (χ3n) is 5.29. The Morgan fingerprint density at radius 3 is 2.00 bits per heavy atom. The second-order valence-electron chi connectivity index (χ2n) is 7.89. The normalized spacial score (nSPS) is 16.5. The molecule has 2 heterocycles. The molecule has 4 rings (SSSR count). The molecule has 1 N–H and O–H groups in total. The minimum absolute atomic E-state index is 0.225. The van der Waals surface area contributed by atoms with Crippen LogP contribution < -0.4 is 5.32 Å². The van der Waals surface area contributed by atoms with Gasteiger partial charge in [0.2, 0.25) is 11.8 Å². The van der Waals surface area contributed by atoms with Gasteiger partial charge in [-0.15, -0.1) is 0 Å². The molecule has 2 aliphatic rings. The van der Waals surface area contributed by atoms with Crippen molar-refractivity contribution >= 4 is 27.7 Å². The SMILES string of the molecule is BrCc1ccccc1.O=C1CCCCCN1.O=C1CCCCCN1Cc1ccccc1. The summed E-state index contributed by atoms with van der Waals surface area (Å²) in [5, 5.41) is 3.76. The minimum Gasteiger partial charge on any atom is -0.356 e. The van der Waals surface area contributed by atoms with Crippen molar-refractivity contribution in [1.29, 1.82) is 0 Å². The number of carbonyl (C=O) groups is 2. The number of hydrogen-bond acceptors (Lipinski definition) is 2. The molecule has 0 unspecified atom stereocenters. The first kappa shape index (κ1) is 25.1. The average molecular weight is 487 g/mol. The van der Waals surface area contributed by atoms with Crippen molar-refractivity contribution in [2.75, 3.05) is 13.1 Å². The summed E-state index contributed by atoms with van der Waals surface area (Å²) in [5.74, 6) is 0.541. The van der Waals surface area contributed by atoms with E-state index in [0.29, 0.717) is 5.91 Å². The molecule has 0 aliphatic carbocycles. The van der Waals surface area contributed by atoms with Crippen LogP contribution in [0.1, 0.15) is 62.5 Å². The monoisotopic (exact) mass is 486 g/mol. The largest absolute Gasteiger partial charge is 0.356 e. The second-order valence-corrected chi connectivity index (χ2v) is 8.45. The maximum absolute atomic E-state index is 11.7. The topological polar surface area (TPSA) is 49.4 Å². The van der Waals surface area contributed by atoms with Gasteiger partial charge in [-0.05, 0) is 36.8 Å². The van der Waals surface area contributed by atoms with Crippen molar-refractivity contribution in [1.82, 2.24) is 10.2 Å². The van der Waals surface area contributed by atoms with E-state index < -0.39 is 0 Å². The molecule has 2 fully saturated rings. The van der Waals surface area contributed by atoms with Crippen molar-refractivity contribution in [2.45, 2.75) is 63.2 Å². The fourth-order valence-electron chi connectivity index (χ4n) is 3.48. The zero-order valence-corrected chi connectivity index (χ0v) is 20.0. The highest BCUT2D eigenvalue weighted by molar-refractivity contribution is 9.08. The number of amides is 2. The molecule has 4 nitrogen and oxygen atoms in total. The van der Waals surface area contributed by atoms with E-state index in [0.717, 1.165) is 63.5 Å². The van der Waals surface area contributed by atoms with E-state index in [1.54, 1.807) is 0 Å². The fraction of sp³-hybridized carbons (Fsp3) is 0.462. The number of rotatable bonds is 3. The first-order chi connectivity index (χ1) is 15.2. The van der Waals surface area contributed by atoms with Crippen molar-refractivity contribution in [2.24, 2.45) is 0 Å². The number of halogens is 1. The molecular weight excluding hydrogens is 452 g/mol. The van der Waals surface area contributed by atoms with Gasteiger partial charge in [0.05, 0.1) is 0 Å². The molecule has 2 saturated heterocycles. The van der Waals surface area contributed by atoms with Crippen LogP contribution in [0.5, 0.6) is 0 Å². The third-order valence-corrected chi connectivity index (χ3v) is 5.94. The molecule has 0 bridgehead atoms. The van der Waals surface area contributed by atoms with Gasteiger partial charge < -0.3 is 10.2 Å². The lowest BCUT2D eigenvalue weighted by molar-refractivity contribution is -0.131. The molecule has 0 aromatic heterocycles. The maximum Gasteiger partial charge on any atom is 0.222 e. The zero-order valence-electron chi connectivity index (χ0n) is 18.4. The minimum atomic E-state index is 0.225. The maximum atomic E-state index is 11.7. The van der Waals surface area contributed by atoms with E-state index in [4.69, 9.17) is 0 Å². The summed E-state index contributed by atoms with van der Waals surface area (Å²) in [7, 11) is 0. The molecule has 2 aliphatic heterocycles. The van der Waals surface area contributed by atoms with Gasteiger partial charge in [-0.3, -0.25) is 9.59 Å². The molecule has 31 heavy (non-hydrogen) atoms. The van der Waals surface area contributed by atoms with Gasteiger partial charge in [-0.25, -0.2) is 0 Å². The van der Waals surface area contributed by atoms with E-state index in [2.05, 4.69) is 45.5 Å². The number of nitrogens with one attached hydrogen (secondary N) is 1. The Morgan fingerprint density at radius 2 is 1.35 bits per heavy atom. The van der Waals surface area contributed by atoms with Crippen LogP contribution in [-0.4, -0.2) is 29.8 Å². The van der Waals surface area contributed by atoms with Gasteiger partial charge in [-0.2, -0.15) is 0 Å². The lowest BCUT2D eigenvalue weighted by Gasteiger charge is -2.20. The van der Waals surface area contributed by atoms with E-state index in [-0.39, 0.29) is 5.91 Å². The Labute approximate surface area is 195 Å². The summed E-state index contributed by atoms with van der Waals surface area (Å²) < 4.78 is 0. The molecule has 0 radical (unpaired) electrons. The Bertz CT molecular complexity index is 743. The third kappa shape index (κ3) is 11.2. The van der Waals surface area contributed by atoms with Crippen LogP contribution in [0.3, 0.4) is 0 Å². The highest BCUT2D eigenvalue weighted by atomic mass is 79.9. The Hall–Kier alpha value is -2.14. The van der Waals surface area contributed by atoms with Crippen molar-refractivity contribution < 1.29 is 9.59 Å². The molecule has 168 valence electrons.